The van der Waals surface area contributed by atoms with Crippen LogP contribution in [0.25, 0.3) is 10.8 Å². The molecule has 2 rings (SSSR count). The van der Waals surface area contributed by atoms with Gasteiger partial charge in [0.05, 0.1) is 13.2 Å². The lowest BCUT2D eigenvalue weighted by Crippen LogP contribution is -2.02. The van der Waals surface area contributed by atoms with Gasteiger partial charge in [-0.25, -0.2) is 0 Å². The zero-order valence-electron chi connectivity index (χ0n) is 11.6. The maximum Gasteiger partial charge on any atom is 0.161 e. The second kappa shape index (κ2) is 6.43. The second-order valence-corrected chi connectivity index (χ2v) is 4.39. The molecular formula is C16H21NO2. The van der Waals surface area contributed by atoms with Gasteiger partial charge in [0.2, 0.25) is 0 Å². The van der Waals surface area contributed by atoms with E-state index in [1.54, 1.807) is 0 Å². The van der Waals surface area contributed by atoms with E-state index in [4.69, 9.17) is 15.2 Å². The summed E-state index contributed by atoms with van der Waals surface area (Å²) in [5, 5.41) is 2.32. The van der Waals surface area contributed by atoms with E-state index in [0.29, 0.717) is 19.8 Å². The van der Waals surface area contributed by atoms with Gasteiger partial charge in [0.25, 0.3) is 0 Å². The fraction of sp³-hybridized carbons (Fsp3) is 0.375. The number of rotatable bonds is 6. The van der Waals surface area contributed by atoms with Crippen molar-refractivity contribution in [1.82, 2.24) is 0 Å². The van der Waals surface area contributed by atoms with Gasteiger partial charge in [-0.1, -0.05) is 18.2 Å². The predicted octanol–water partition coefficient (Wildman–Crippen LogP) is 3.14. The molecule has 2 aromatic carbocycles. The van der Waals surface area contributed by atoms with Crippen molar-refractivity contribution in [3.63, 3.8) is 0 Å². The summed E-state index contributed by atoms with van der Waals surface area (Å²) in [6.07, 6.45) is 0.896. The first-order valence-electron chi connectivity index (χ1n) is 6.80. The van der Waals surface area contributed by atoms with Crippen molar-refractivity contribution >= 4 is 10.8 Å². The van der Waals surface area contributed by atoms with Gasteiger partial charge in [-0.3, -0.25) is 0 Å². The number of benzene rings is 2. The standard InChI is InChI=1S/C16H21NO2/c1-3-18-15-10-13-6-5-12(7-8-17)9-14(13)11-16(15)19-4-2/h5-6,9-11H,3-4,7-8,17H2,1-2H3. The molecule has 0 bridgehead atoms. The summed E-state index contributed by atoms with van der Waals surface area (Å²) >= 11 is 0. The van der Waals surface area contributed by atoms with Crippen molar-refractivity contribution in [3.05, 3.63) is 35.9 Å². The van der Waals surface area contributed by atoms with Crippen LogP contribution in [0.3, 0.4) is 0 Å². The molecule has 0 fully saturated rings. The highest BCUT2D eigenvalue weighted by atomic mass is 16.5. The van der Waals surface area contributed by atoms with E-state index in [1.807, 2.05) is 26.0 Å². The Hall–Kier alpha value is -1.74. The topological polar surface area (TPSA) is 44.5 Å². The molecule has 0 spiro atoms. The van der Waals surface area contributed by atoms with Crippen molar-refractivity contribution in [3.8, 4) is 11.5 Å². The molecule has 19 heavy (non-hydrogen) atoms. The first-order chi connectivity index (χ1) is 9.28. The average Bonchev–Trinajstić information content (AvgIpc) is 2.40. The number of hydrogen-bond acceptors (Lipinski definition) is 3. The van der Waals surface area contributed by atoms with Crippen molar-refractivity contribution in [2.24, 2.45) is 5.73 Å². The summed E-state index contributed by atoms with van der Waals surface area (Å²) in [6, 6.07) is 10.5. The molecule has 0 heterocycles. The monoisotopic (exact) mass is 259 g/mol. The first-order valence-corrected chi connectivity index (χ1v) is 6.80. The van der Waals surface area contributed by atoms with Crippen LogP contribution in [0.2, 0.25) is 0 Å². The molecular weight excluding hydrogens is 238 g/mol. The molecule has 0 saturated carbocycles. The molecule has 2 aromatic rings. The summed E-state index contributed by atoms with van der Waals surface area (Å²) in [7, 11) is 0. The SMILES string of the molecule is CCOc1cc2ccc(CCN)cc2cc1OCC. The minimum atomic E-state index is 0.633. The normalized spacial score (nSPS) is 10.7. The molecule has 0 unspecified atom stereocenters. The quantitative estimate of drug-likeness (QED) is 0.866. The highest BCUT2D eigenvalue weighted by molar-refractivity contribution is 5.86. The lowest BCUT2D eigenvalue weighted by atomic mass is 10.0. The lowest BCUT2D eigenvalue weighted by Gasteiger charge is -2.12. The zero-order chi connectivity index (χ0) is 13.7. The number of fused-ring (bicyclic) bond motifs is 1. The molecule has 0 amide bonds. The molecule has 0 aliphatic carbocycles. The minimum absolute atomic E-state index is 0.633. The third kappa shape index (κ3) is 3.18. The van der Waals surface area contributed by atoms with Gasteiger partial charge in [-0.05, 0) is 55.3 Å². The van der Waals surface area contributed by atoms with Crippen LogP contribution in [0.15, 0.2) is 30.3 Å². The zero-order valence-corrected chi connectivity index (χ0v) is 11.6. The maximum atomic E-state index is 5.65. The summed E-state index contributed by atoms with van der Waals surface area (Å²) in [6.45, 7) is 5.89. The Morgan fingerprint density at radius 3 is 2.11 bits per heavy atom. The Balaban J connectivity index is 2.46. The lowest BCUT2D eigenvalue weighted by molar-refractivity contribution is 0.288. The van der Waals surface area contributed by atoms with Crippen LogP contribution in [-0.2, 0) is 6.42 Å². The molecule has 0 radical (unpaired) electrons. The molecule has 3 heteroatoms. The summed E-state index contributed by atoms with van der Waals surface area (Å²) in [5.74, 6) is 1.62. The fourth-order valence-corrected chi connectivity index (χ4v) is 2.16. The molecule has 0 aromatic heterocycles. The Kier molecular flexibility index (Phi) is 4.63. The van der Waals surface area contributed by atoms with Crippen molar-refractivity contribution in [2.75, 3.05) is 19.8 Å². The van der Waals surface area contributed by atoms with Crippen molar-refractivity contribution < 1.29 is 9.47 Å². The Morgan fingerprint density at radius 1 is 0.895 bits per heavy atom. The van der Waals surface area contributed by atoms with Crippen LogP contribution >= 0.6 is 0 Å². The van der Waals surface area contributed by atoms with E-state index in [-0.39, 0.29) is 0 Å². The minimum Gasteiger partial charge on any atom is -0.490 e. The van der Waals surface area contributed by atoms with Gasteiger partial charge in [0, 0.05) is 0 Å². The summed E-state index contributed by atoms with van der Waals surface area (Å²) < 4.78 is 11.3. The molecule has 2 N–H and O–H groups in total. The number of nitrogens with two attached hydrogens (primary N) is 1. The van der Waals surface area contributed by atoms with E-state index in [9.17, 15) is 0 Å². The maximum absolute atomic E-state index is 5.65. The van der Waals surface area contributed by atoms with Crippen LogP contribution in [-0.4, -0.2) is 19.8 Å². The van der Waals surface area contributed by atoms with Crippen LogP contribution < -0.4 is 15.2 Å². The van der Waals surface area contributed by atoms with E-state index in [2.05, 4.69) is 18.2 Å². The molecule has 102 valence electrons. The highest BCUT2D eigenvalue weighted by Gasteiger charge is 2.07. The number of hydrogen-bond donors (Lipinski definition) is 1. The molecule has 0 saturated heterocycles. The van der Waals surface area contributed by atoms with Crippen LogP contribution in [0, 0.1) is 0 Å². The predicted molar refractivity (Wildman–Crippen MR) is 79.0 cm³/mol. The Labute approximate surface area is 114 Å². The van der Waals surface area contributed by atoms with Crippen molar-refractivity contribution in [2.45, 2.75) is 20.3 Å². The van der Waals surface area contributed by atoms with Crippen LogP contribution in [0.5, 0.6) is 11.5 Å². The average molecular weight is 259 g/mol. The van der Waals surface area contributed by atoms with Gasteiger partial charge in [-0.15, -0.1) is 0 Å². The first kappa shape index (κ1) is 13.7. The Morgan fingerprint density at radius 2 is 1.53 bits per heavy atom. The number of ether oxygens (including phenoxy) is 2. The fourth-order valence-electron chi connectivity index (χ4n) is 2.16. The van der Waals surface area contributed by atoms with Crippen LogP contribution in [0.1, 0.15) is 19.4 Å². The Bertz CT molecular complexity index is 552. The molecule has 0 aliphatic heterocycles. The molecule has 0 atom stereocenters. The van der Waals surface area contributed by atoms with Gasteiger partial charge < -0.3 is 15.2 Å². The molecule has 0 aliphatic rings. The smallest absolute Gasteiger partial charge is 0.161 e. The van der Waals surface area contributed by atoms with Gasteiger partial charge >= 0.3 is 0 Å². The van der Waals surface area contributed by atoms with E-state index >= 15 is 0 Å². The van der Waals surface area contributed by atoms with E-state index in [1.165, 1.54) is 5.56 Å². The van der Waals surface area contributed by atoms with E-state index in [0.717, 1.165) is 28.7 Å². The summed E-state index contributed by atoms with van der Waals surface area (Å²) in [5.41, 5.74) is 6.85. The van der Waals surface area contributed by atoms with E-state index < -0.39 is 0 Å². The van der Waals surface area contributed by atoms with Crippen molar-refractivity contribution in [1.29, 1.82) is 0 Å². The van der Waals surface area contributed by atoms with Crippen LogP contribution in [0.4, 0.5) is 0 Å². The van der Waals surface area contributed by atoms with Gasteiger partial charge in [-0.2, -0.15) is 0 Å². The summed E-state index contributed by atoms with van der Waals surface area (Å²) in [4.78, 5) is 0. The second-order valence-electron chi connectivity index (χ2n) is 4.39. The van der Waals surface area contributed by atoms with Gasteiger partial charge in [0.1, 0.15) is 0 Å². The third-order valence-corrected chi connectivity index (χ3v) is 3.00. The molecule has 3 nitrogen and oxygen atoms in total. The third-order valence-electron chi connectivity index (χ3n) is 3.00. The van der Waals surface area contributed by atoms with Gasteiger partial charge in [0.15, 0.2) is 11.5 Å². The highest BCUT2D eigenvalue weighted by Crippen LogP contribution is 2.33. The largest absolute Gasteiger partial charge is 0.490 e.